The summed E-state index contributed by atoms with van der Waals surface area (Å²) in [7, 11) is 0. The Labute approximate surface area is 196 Å². The average molecular weight is 490 g/mol. The summed E-state index contributed by atoms with van der Waals surface area (Å²) in [6, 6.07) is 0. The molecule has 0 bridgehead atoms. The number of esters is 6. The summed E-state index contributed by atoms with van der Waals surface area (Å²) in [6.45, 7) is 6.55. The van der Waals surface area contributed by atoms with Crippen LogP contribution in [-0.2, 0) is 61.9 Å². The van der Waals surface area contributed by atoms with Crippen molar-refractivity contribution >= 4 is 35.8 Å². The van der Waals surface area contributed by atoms with Gasteiger partial charge in [-0.2, -0.15) is 0 Å². The van der Waals surface area contributed by atoms with E-state index >= 15 is 0 Å². The van der Waals surface area contributed by atoms with E-state index in [0.717, 1.165) is 34.6 Å². The molecule has 0 heterocycles. The Balaban J connectivity index is 3.48. The SMILES string of the molecule is CC(=O)OCCCOC1C(OC(C)=O)C(OC(C)=O)C(OC(C)=O)C(OC(C)=O)C1OC(C)=O. The van der Waals surface area contributed by atoms with Gasteiger partial charge in [0.05, 0.1) is 13.2 Å². The zero-order valence-electron chi connectivity index (χ0n) is 19.9. The highest BCUT2D eigenvalue weighted by atomic mass is 16.7. The third-order valence-corrected chi connectivity index (χ3v) is 4.36. The molecule has 0 radical (unpaired) electrons. The van der Waals surface area contributed by atoms with Gasteiger partial charge in [-0.3, -0.25) is 28.8 Å². The Hall–Kier alpha value is -3.22. The molecule has 4 unspecified atom stereocenters. The number of ether oxygens (including phenoxy) is 7. The number of carbonyl (C=O) groups excluding carboxylic acids is 6. The Morgan fingerprint density at radius 1 is 0.441 bits per heavy atom. The molecule has 0 saturated heterocycles. The highest BCUT2D eigenvalue weighted by Crippen LogP contribution is 2.34. The molecule has 0 aromatic carbocycles. The fourth-order valence-corrected chi connectivity index (χ4v) is 3.43. The smallest absolute Gasteiger partial charge is 0.303 e. The summed E-state index contributed by atoms with van der Waals surface area (Å²) in [5.74, 6) is -4.57. The first-order valence-corrected chi connectivity index (χ1v) is 10.4. The maximum absolute atomic E-state index is 11.9. The molecule has 13 heteroatoms. The second-order valence-electron chi connectivity index (χ2n) is 7.40. The Bertz CT molecular complexity index is 733. The van der Waals surface area contributed by atoms with Crippen molar-refractivity contribution in [3.8, 4) is 0 Å². The molecule has 1 fully saturated rings. The van der Waals surface area contributed by atoms with E-state index in [2.05, 4.69) is 0 Å². The first kappa shape index (κ1) is 28.8. The van der Waals surface area contributed by atoms with Gasteiger partial charge in [0.25, 0.3) is 0 Å². The van der Waals surface area contributed by atoms with Crippen molar-refractivity contribution in [1.82, 2.24) is 0 Å². The predicted molar refractivity (Wildman–Crippen MR) is 109 cm³/mol. The summed E-state index contributed by atoms with van der Waals surface area (Å²) in [5.41, 5.74) is 0. The molecule has 34 heavy (non-hydrogen) atoms. The molecule has 192 valence electrons. The van der Waals surface area contributed by atoms with E-state index in [1.807, 2.05) is 0 Å². The maximum Gasteiger partial charge on any atom is 0.303 e. The molecular weight excluding hydrogens is 460 g/mol. The lowest BCUT2D eigenvalue weighted by molar-refractivity contribution is -0.262. The first-order chi connectivity index (χ1) is 15.8. The average Bonchev–Trinajstić information content (AvgIpc) is 2.67. The molecule has 0 aromatic heterocycles. The Kier molecular flexibility index (Phi) is 11.4. The second-order valence-corrected chi connectivity index (χ2v) is 7.40. The third kappa shape index (κ3) is 9.33. The maximum atomic E-state index is 11.9. The van der Waals surface area contributed by atoms with Gasteiger partial charge in [0, 0.05) is 48.0 Å². The van der Waals surface area contributed by atoms with Gasteiger partial charge in [-0.05, 0) is 0 Å². The molecule has 13 nitrogen and oxygen atoms in total. The van der Waals surface area contributed by atoms with Crippen LogP contribution in [0, 0.1) is 0 Å². The molecule has 4 atom stereocenters. The molecular formula is C21H30O13. The van der Waals surface area contributed by atoms with Gasteiger partial charge in [0.1, 0.15) is 6.10 Å². The molecule has 0 aliphatic heterocycles. The van der Waals surface area contributed by atoms with Crippen molar-refractivity contribution < 1.29 is 61.9 Å². The Morgan fingerprint density at radius 3 is 1.00 bits per heavy atom. The molecule has 1 aliphatic carbocycles. The van der Waals surface area contributed by atoms with Crippen molar-refractivity contribution in [2.45, 2.75) is 84.6 Å². The van der Waals surface area contributed by atoms with Crippen LogP contribution >= 0.6 is 0 Å². The van der Waals surface area contributed by atoms with E-state index < -0.39 is 72.4 Å². The first-order valence-electron chi connectivity index (χ1n) is 10.4. The van der Waals surface area contributed by atoms with Crippen LogP contribution in [0.4, 0.5) is 0 Å². The summed E-state index contributed by atoms with van der Waals surface area (Å²) < 4.78 is 37.2. The quantitative estimate of drug-likeness (QED) is 0.228. The molecule has 1 aliphatic rings. The second kappa shape index (κ2) is 13.5. The minimum atomic E-state index is -1.50. The van der Waals surface area contributed by atoms with E-state index in [9.17, 15) is 28.8 Å². The lowest BCUT2D eigenvalue weighted by atomic mass is 9.83. The van der Waals surface area contributed by atoms with Crippen LogP contribution in [0.2, 0.25) is 0 Å². The summed E-state index contributed by atoms with van der Waals surface area (Å²) >= 11 is 0. The molecule has 0 aromatic rings. The van der Waals surface area contributed by atoms with Crippen molar-refractivity contribution in [3.05, 3.63) is 0 Å². The standard InChI is InChI=1S/C21H30O13/c1-10(22)28-8-7-9-29-16-17(30-11(2)23)19(32-13(4)25)21(34-15(6)27)20(33-14(5)26)18(16)31-12(3)24/h16-21H,7-9H2,1-6H3. The third-order valence-electron chi connectivity index (χ3n) is 4.36. The monoisotopic (exact) mass is 490 g/mol. The minimum Gasteiger partial charge on any atom is -0.466 e. The summed E-state index contributed by atoms with van der Waals surface area (Å²) in [6.07, 6.45) is -8.39. The molecule has 0 spiro atoms. The van der Waals surface area contributed by atoms with Crippen LogP contribution in [0.15, 0.2) is 0 Å². The number of rotatable bonds is 10. The van der Waals surface area contributed by atoms with Gasteiger partial charge in [0.2, 0.25) is 0 Å². The molecule has 0 amide bonds. The van der Waals surface area contributed by atoms with Gasteiger partial charge < -0.3 is 33.2 Å². The van der Waals surface area contributed by atoms with E-state index in [-0.39, 0.29) is 19.6 Å². The zero-order valence-corrected chi connectivity index (χ0v) is 19.9. The van der Waals surface area contributed by atoms with Crippen LogP contribution in [0.5, 0.6) is 0 Å². The van der Waals surface area contributed by atoms with Crippen LogP contribution < -0.4 is 0 Å². The van der Waals surface area contributed by atoms with E-state index in [1.165, 1.54) is 6.92 Å². The molecule has 1 rings (SSSR count). The van der Waals surface area contributed by atoms with Gasteiger partial charge in [-0.1, -0.05) is 0 Å². The van der Waals surface area contributed by atoms with Crippen molar-refractivity contribution in [3.63, 3.8) is 0 Å². The van der Waals surface area contributed by atoms with Crippen LogP contribution in [-0.4, -0.2) is 85.7 Å². The van der Waals surface area contributed by atoms with Crippen molar-refractivity contribution in [2.24, 2.45) is 0 Å². The van der Waals surface area contributed by atoms with Gasteiger partial charge >= 0.3 is 35.8 Å². The van der Waals surface area contributed by atoms with Crippen molar-refractivity contribution in [1.29, 1.82) is 0 Å². The van der Waals surface area contributed by atoms with Crippen LogP contribution in [0.25, 0.3) is 0 Å². The Morgan fingerprint density at radius 2 is 0.735 bits per heavy atom. The van der Waals surface area contributed by atoms with E-state index in [0.29, 0.717) is 0 Å². The fraction of sp³-hybridized carbons (Fsp3) is 0.714. The highest BCUT2D eigenvalue weighted by molar-refractivity contribution is 5.70. The fourth-order valence-electron chi connectivity index (χ4n) is 3.43. The lowest BCUT2D eigenvalue weighted by Gasteiger charge is -2.47. The molecule has 0 N–H and O–H groups in total. The number of hydrogen-bond acceptors (Lipinski definition) is 13. The largest absolute Gasteiger partial charge is 0.466 e. The normalized spacial score (nSPS) is 25.9. The minimum absolute atomic E-state index is 0.00927. The number of hydrogen-bond donors (Lipinski definition) is 0. The van der Waals surface area contributed by atoms with Gasteiger partial charge in [0.15, 0.2) is 30.5 Å². The van der Waals surface area contributed by atoms with Gasteiger partial charge in [-0.25, -0.2) is 0 Å². The molecule has 1 saturated carbocycles. The number of carbonyl (C=O) groups is 6. The van der Waals surface area contributed by atoms with E-state index in [1.54, 1.807) is 0 Å². The summed E-state index contributed by atoms with van der Waals surface area (Å²) in [4.78, 5) is 70.2. The lowest BCUT2D eigenvalue weighted by Crippen LogP contribution is -2.68. The predicted octanol–water partition coefficient (Wildman–Crippen LogP) is -0.00310. The summed E-state index contributed by atoms with van der Waals surface area (Å²) in [5, 5.41) is 0. The highest BCUT2D eigenvalue weighted by Gasteiger charge is 2.59. The van der Waals surface area contributed by atoms with Crippen molar-refractivity contribution in [2.75, 3.05) is 13.2 Å². The van der Waals surface area contributed by atoms with Gasteiger partial charge in [-0.15, -0.1) is 0 Å². The zero-order chi connectivity index (χ0) is 26.0. The topological polar surface area (TPSA) is 167 Å². The van der Waals surface area contributed by atoms with E-state index in [4.69, 9.17) is 33.2 Å². The van der Waals surface area contributed by atoms with Crippen LogP contribution in [0.1, 0.15) is 48.0 Å². The van der Waals surface area contributed by atoms with Crippen LogP contribution in [0.3, 0.4) is 0 Å².